The van der Waals surface area contributed by atoms with Gasteiger partial charge in [0.2, 0.25) is 0 Å². The Bertz CT molecular complexity index is 418. The topological polar surface area (TPSA) is 41.3 Å². The summed E-state index contributed by atoms with van der Waals surface area (Å²) in [5, 5.41) is 3.49. The van der Waals surface area contributed by atoms with Crippen LogP contribution in [0.2, 0.25) is 0 Å². The molecule has 4 heteroatoms. The molecule has 3 aliphatic carbocycles. The molecule has 0 bridgehead atoms. The summed E-state index contributed by atoms with van der Waals surface area (Å²) in [6, 6.07) is 1.58. The van der Waals surface area contributed by atoms with Gasteiger partial charge in [0.15, 0.2) is 0 Å². The number of rotatable bonds is 8. The Kier molecular flexibility index (Phi) is 2.98. The largest absolute Gasteiger partial charge is 0.432 e. The lowest BCUT2D eigenvalue weighted by molar-refractivity contribution is 0.517. The number of hydrogen-bond acceptors (Lipinski definition) is 4. The summed E-state index contributed by atoms with van der Waals surface area (Å²) in [4.78, 5) is 7.05. The van der Waals surface area contributed by atoms with E-state index in [9.17, 15) is 0 Å². The minimum Gasteiger partial charge on any atom is -0.432 e. The number of anilines is 1. The third kappa shape index (κ3) is 3.30. The zero-order valence-corrected chi connectivity index (χ0v) is 11.5. The molecule has 4 rings (SSSR count). The second kappa shape index (κ2) is 4.82. The van der Waals surface area contributed by atoms with Gasteiger partial charge in [-0.15, -0.1) is 0 Å². The summed E-state index contributed by atoms with van der Waals surface area (Å²) in [5.41, 5.74) is 1.05. The van der Waals surface area contributed by atoms with Crippen molar-refractivity contribution in [3.63, 3.8) is 0 Å². The molecule has 19 heavy (non-hydrogen) atoms. The number of oxazole rings is 1. The van der Waals surface area contributed by atoms with Gasteiger partial charge in [-0.3, -0.25) is 0 Å². The molecule has 1 aromatic rings. The van der Waals surface area contributed by atoms with Crippen molar-refractivity contribution < 1.29 is 4.42 Å². The minimum absolute atomic E-state index is 0.731. The standard InChI is InChI=1S/C15H23N3O/c1-2-11(1)8-18(9-12-3-4-12)15-17-14(10-19-15)7-16-13-5-6-13/h10-13,16H,1-9H2. The molecule has 3 fully saturated rings. The first-order valence-electron chi connectivity index (χ1n) is 7.79. The first-order chi connectivity index (χ1) is 9.37. The third-order valence-corrected chi connectivity index (χ3v) is 4.31. The van der Waals surface area contributed by atoms with Gasteiger partial charge in [0, 0.05) is 25.7 Å². The van der Waals surface area contributed by atoms with Crippen LogP contribution in [0.3, 0.4) is 0 Å². The van der Waals surface area contributed by atoms with Crippen LogP contribution in [-0.2, 0) is 6.54 Å². The van der Waals surface area contributed by atoms with Gasteiger partial charge in [0.05, 0.1) is 5.69 Å². The average molecular weight is 261 g/mol. The molecule has 0 aromatic carbocycles. The van der Waals surface area contributed by atoms with Crippen molar-refractivity contribution in [1.82, 2.24) is 10.3 Å². The van der Waals surface area contributed by atoms with E-state index in [0.717, 1.165) is 49.2 Å². The molecule has 3 saturated carbocycles. The monoisotopic (exact) mass is 261 g/mol. The lowest BCUT2D eigenvalue weighted by atomic mass is 10.3. The molecular formula is C15H23N3O. The Hall–Kier alpha value is -1.03. The normalized spacial score (nSPS) is 22.7. The van der Waals surface area contributed by atoms with Crippen molar-refractivity contribution >= 4 is 6.01 Å². The second-order valence-corrected chi connectivity index (χ2v) is 6.57. The molecular weight excluding hydrogens is 238 g/mol. The average Bonchev–Trinajstić information content (AvgIpc) is 3.24. The van der Waals surface area contributed by atoms with Crippen LogP contribution < -0.4 is 10.2 Å². The number of nitrogens with zero attached hydrogens (tertiary/aromatic N) is 2. The Balaban J connectivity index is 1.38. The number of aromatic nitrogens is 1. The van der Waals surface area contributed by atoms with Crippen molar-refractivity contribution in [2.45, 2.75) is 51.1 Å². The van der Waals surface area contributed by atoms with Crippen LogP contribution >= 0.6 is 0 Å². The molecule has 0 amide bonds. The first-order valence-corrected chi connectivity index (χ1v) is 7.79. The second-order valence-electron chi connectivity index (χ2n) is 6.57. The van der Waals surface area contributed by atoms with Crippen LogP contribution in [-0.4, -0.2) is 24.1 Å². The van der Waals surface area contributed by atoms with Gasteiger partial charge in [-0.25, -0.2) is 0 Å². The van der Waals surface area contributed by atoms with Crippen LogP contribution in [0, 0.1) is 11.8 Å². The Morgan fingerprint density at radius 2 is 1.79 bits per heavy atom. The SMILES string of the molecule is c1oc(N(CC2CC2)CC2CC2)nc1CNC1CC1. The van der Waals surface area contributed by atoms with Gasteiger partial charge in [-0.1, -0.05) is 0 Å². The number of hydrogen-bond donors (Lipinski definition) is 1. The predicted molar refractivity (Wildman–Crippen MR) is 74.0 cm³/mol. The Morgan fingerprint density at radius 1 is 1.11 bits per heavy atom. The highest BCUT2D eigenvalue weighted by atomic mass is 16.4. The van der Waals surface area contributed by atoms with E-state index in [2.05, 4.69) is 15.2 Å². The van der Waals surface area contributed by atoms with Gasteiger partial charge in [0.25, 0.3) is 6.01 Å². The van der Waals surface area contributed by atoms with E-state index >= 15 is 0 Å². The highest BCUT2D eigenvalue weighted by Crippen LogP contribution is 2.35. The highest BCUT2D eigenvalue weighted by Gasteiger charge is 2.31. The lowest BCUT2D eigenvalue weighted by Gasteiger charge is -2.19. The van der Waals surface area contributed by atoms with Gasteiger partial charge in [0.1, 0.15) is 6.26 Å². The predicted octanol–water partition coefficient (Wildman–Crippen LogP) is 2.55. The molecule has 0 saturated heterocycles. The zero-order valence-electron chi connectivity index (χ0n) is 11.5. The minimum atomic E-state index is 0.731. The van der Waals surface area contributed by atoms with Gasteiger partial charge < -0.3 is 14.6 Å². The number of nitrogens with one attached hydrogen (secondary N) is 1. The molecule has 0 radical (unpaired) electrons. The quantitative estimate of drug-likeness (QED) is 0.781. The highest BCUT2D eigenvalue weighted by molar-refractivity contribution is 5.28. The summed E-state index contributed by atoms with van der Waals surface area (Å²) >= 11 is 0. The lowest BCUT2D eigenvalue weighted by Crippen LogP contribution is -2.28. The molecule has 1 aromatic heterocycles. The molecule has 1 heterocycles. The Morgan fingerprint density at radius 3 is 2.37 bits per heavy atom. The molecule has 0 atom stereocenters. The fourth-order valence-corrected chi connectivity index (χ4v) is 2.51. The fraction of sp³-hybridized carbons (Fsp3) is 0.800. The van der Waals surface area contributed by atoms with Crippen LogP contribution in [0.4, 0.5) is 6.01 Å². The zero-order chi connectivity index (χ0) is 12.7. The van der Waals surface area contributed by atoms with Crippen LogP contribution in [0.25, 0.3) is 0 Å². The summed E-state index contributed by atoms with van der Waals surface area (Å²) < 4.78 is 5.71. The molecule has 4 nitrogen and oxygen atoms in total. The maximum absolute atomic E-state index is 5.71. The van der Waals surface area contributed by atoms with E-state index in [1.807, 2.05) is 6.26 Å². The van der Waals surface area contributed by atoms with Crippen molar-refractivity contribution in [3.8, 4) is 0 Å². The smallest absolute Gasteiger partial charge is 0.297 e. The van der Waals surface area contributed by atoms with E-state index < -0.39 is 0 Å². The van der Waals surface area contributed by atoms with E-state index in [4.69, 9.17) is 4.42 Å². The van der Waals surface area contributed by atoms with E-state index in [1.165, 1.54) is 38.5 Å². The molecule has 0 aliphatic heterocycles. The molecule has 1 N–H and O–H groups in total. The van der Waals surface area contributed by atoms with Gasteiger partial charge in [-0.05, 0) is 50.4 Å². The summed E-state index contributed by atoms with van der Waals surface area (Å²) in [7, 11) is 0. The third-order valence-electron chi connectivity index (χ3n) is 4.31. The van der Waals surface area contributed by atoms with E-state index in [1.54, 1.807) is 0 Å². The van der Waals surface area contributed by atoms with E-state index in [-0.39, 0.29) is 0 Å². The van der Waals surface area contributed by atoms with Crippen LogP contribution in [0.15, 0.2) is 10.7 Å². The fourth-order valence-electron chi connectivity index (χ4n) is 2.51. The summed E-state index contributed by atoms with van der Waals surface area (Å²) in [5.74, 6) is 1.78. The Labute approximate surface area is 114 Å². The van der Waals surface area contributed by atoms with Crippen molar-refractivity contribution in [2.75, 3.05) is 18.0 Å². The molecule has 0 spiro atoms. The maximum atomic E-state index is 5.71. The van der Waals surface area contributed by atoms with Gasteiger partial charge >= 0.3 is 0 Å². The summed E-state index contributed by atoms with van der Waals surface area (Å²) in [6.07, 6.45) is 10.0. The van der Waals surface area contributed by atoms with Crippen LogP contribution in [0.1, 0.15) is 44.2 Å². The van der Waals surface area contributed by atoms with E-state index in [0.29, 0.717) is 0 Å². The molecule has 104 valence electrons. The molecule has 3 aliphatic rings. The van der Waals surface area contributed by atoms with Gasteiger partial charge in [-0.2, -0.15) is 4.98 Å². The first kappa shape index (κ1) is 11.8. The van der Waals surface area contributed by atoms with Crippen molar-refractivity contribution in [1.29, 1.82) is 0 Å². The molecule has 0 unspecified atom stereocenters. The van der Waals surface area contributed by atoms with Crippen LogP contribution in [0.5, 0.6) is 0 Å². The van der Waals surface area contributed by atoms with Crippen molar-refractivity contribution in [3.05, 3.63) is 12.0 Å². The maximum Gasteiger partial charge on any atom is 0.297 e. The summed E-state index contributed by atoms with van der Waals surface area (Å²) in [6.45, 7) is 3.15. The van der Waals surface area contributed by atoms with Crippen molar-refractivity contribution in [2.24, 2.45) is 11.8 Å².